The maximum absolute atomic E-state index is 11.9. The number of hydrogen-bond donors (Lipinski definition) is 1. The second kappa shape index (κ2) is 5.67. The Hall–Kier alpha value is -2.81. The number of anilines is 1. The van der Waals surface area contributed by atoms with Gasteiger partial charge in [0.15, 0.2) is 0 Å². The summed E-state index contributed by atoms with van der Waals surface area (Å²) in [5.41, 5.74) is 0.777. The molecule has 21 heavy (non-hydrogen) atoms. The molecule has 1 amide bonds. The zero-order valence-corrected chi connectivity index (χ0v) is 11.7. The van der Waals surface area contributed by atoms with Crippen molar-refractivity contribution in [2.24, 2.45) is 0 Å². The van der Waals surface area contributed by atoms with Crippen LogP contribution in [0.15, 0.2) is 65.1 Å². The zero-order valence-electron chi connectivity index (χ0n) is 11.7. The van der Waals surface area contributed by atoms with Gasteiger partial charge in [-0.3, -0.25) is 4.79 Å². The van der Waals surface area contributed by atoms with Crippen molar-refractivity contribution in [3.05, 3.63) is 72.2 Å². The molecular weight excluding hydrogens is 262 g/mol. The average molecular weight is 277 g/mol. The number of hydrogen-bond acceptors (Lipinski definition) is 2. The lowest BCUT2D eigenvalue weighted by atomic mass is 10.1. The standard InChI is InChI=1S/C18H15NO2/c1-13-6-9-17(21-13)10-11-18(20)19-16-8-7-14-4-2-3-5-15(14)12-16/h2-12H,1H3,(H,19,20). The predicted octanol–water partition coefficient (Wildman–Crippen LogP) is 4.39. The summed E-state index contributed by atoms with van der Waals surface area (Å²) in [6.45, 7) is 1.87. The normalized spacial score (nSPS) is 11.1. The van der Waals surface area contributed by atoms with Gasteiger partial charge >= 0.3 is 0 Å². The molecule has 3 nitrogen and oxygen atoms in total. The predicted molar refractivity (Wildman–Crippen MR) is 85.1 cm³/mol. The van der Waals surface area contributed by atoms with Crippen molar-refractivity contribution in [1.82, 2.24) is 0 Å². The fourth-order valence-corrected chi connectivity index (χ4v) is 2.15. The van der Waals surface area contributed by atoms with E-state index in [1.807, 2.05) is 61.5 Å². The number of fused-ring (bicyclic) bond motifs is 1. The van der Waals surface area contributed by atoms with Crippen molar-refractivity contribution in [3.63, 3.8) is 0 Å². The largest absolute Gasteiger partial charge is 0.462 e. The number of amides is 1. The summed E-state index contributed by atoms with van der Waals surface area (Å²) >= 11 is 0. The van der Waals surface area contributed by atoms with Crippen molar-refractivity contribution < 1.29 is 9.21 Å². The van der Waals surface area contributed by atoms with Gasteiger partial charge in [-0.2, -0.15) is 0 Å². The molecule has 3 rings (SSSR count). The number of nitrogens with one attached hydrogen (secondary N) is 1. The van der Waals surface area contributed by atoms with Gasteiger partial charge in [0.1, 0.15) is 11.5 Å². The molecule has 1 N–H and O–H groups in total. The third-order valence-corrected chi connectivity index (χ3v) is 3.18. The lowest BCUT2D eigenvalue weighted by Crippen LogP contribution is -2.07. The molecule has 0 bridgehead atoms. The Morgan fingerprint density at radius 1 is 1.05 bits per heavy atom. The van der Waals surface area contributed by atoms with Gasteiger partial charge in [0, 0.05) is 11.8 Å². The highest BCUT2D eigenvalue weighted by Crippen LogP contribution is 2.18. The molecule has 0 aliphatic heterocycles. The van der Waals surface area contributed by atoms with Gasteiger partial charge in [0.05, 0.1) is 0 Å². The maximum Gasteiger partial charge on any atom is 0.248 e. The summed E-state index contributed by atoms with van der Waals surface area (Å²) in [6, 6.07) is 17.6. The van der Waals surface area contributed by atoms with Gasteiger partial charge in [0.2, 0.25) is 5.91 Å². The minimum Gasteiger partial charge on any atom is -0.462 e. The van der Waals surface area contributed by atoms with E-state index >= 15 is 0 Å². The fraction of sp³-hybridized carbons (Fsp3) is 0.0556. The number of carbonyl (C=O) groups is 1. The molecule has 0 saturated heterocycles. The average Bonchev–Trinajstić information content (AvgIpc) is 2.91. The molecule has 3 aromatic rings. The Labute approximate surface area is 122 Å². The first-order valence-corrected chi connectivity index (χ1v) is 6.75. The highest BCUT2D eigenvalue weighted by molar-refractivity contribution is 6.02. The molecule has 3 heteroatoms. The van der Waals surface area contributed by atoms with E-state index < -0.39 is 0 Å². The summed E-state index contributed by atoms with van der Waals surface area (Å²) in [5.74, 6) is 1.31. The minimum absolute atomic E-state index is 0.181. The van der Waals surface area contributed by atoms with Crippen LogP contribution in [0.5, 0.6) is 0 Å². The van der Waals surface area contributed by atoms with E-state index in [4.69, 9.17) is 4.42 Å². The van der Waals surface area contributed by atoms with E-state index in [1.54, 1.807) is 6.08 Å². The molecule has 0 atom stereocenters. The third kappa shape index (κ3) is 3.20. The molecule has 2 aromatic carbocycles. The molecule has 0 spiro atoms. The lowest BCUT2D eigenvalue weighted by molar-refractivity contribution is -0.111. The van der Waals surface area contributed by atoms with Gasteiger partial charge in [-0.1, -0.05) is 30.3 Å². The SMILES string of the molecule is Cc1ccc(C=CC(=O)Nc2ccc3ccccc3c2)o1. The highest BCUT2D eigenvalue weighted by atomic mass is 16.3. The Kier molecular flexibility index (Phi) is 3.56. The van der Waals surface area contributed by atoms with Crippen LogP contribution in [0.2, 0.25) is 0 Å². The van der Waals surface area contributed by atoms with Crippen LogP contribution >= 0.6 is 0 Å². The van der Waals surface area contributed by atoms with Crippen LogP contribution in [0.25, 0.3) is 16.8 Å². The van der Waals surface area contributed by atoms with Gasteiger partial charge in [-0.05, 0) is 48.0 Å². The molecule has 0 radical (unpaired) electrons. The lowest BCUT2D eigenvalue weighted by Gasteiger charge is -2.04. The molecular formula is C18H15NO2. The number of carbonyl (C=O) groups excluding carboxylic acids is 1. The van der Waals surface area contributed by atoms with Gasteiger partial charge in [-0.25, -0.2) is 0 Å². The summed E-state index contributed by atoms with van der Waals surface area (Å²) in [5, 5.41) is 5.09. The van der Waals surface area contributed by atoms with Crippen LogP contribution in [-0.2, 0) is 4.79 Å². The fourth-order valence-electron chi connectivity index (χ4n) is 2.15. The van der Waals surface area contributed by atoms with Crippen LogP contribution in [0.4, 0.5) is 5.69 Å². The summed E-state index contributed by atoms with van der Waals surface area (Å²) < 4.78 is 5.37. The second-order valence-corrected chi connectivity index (χ2v) is 4.83. The number of benzene rings is 2. The molecule has 104 valence electrons. The minimum atomic E-state index is -0.181. The summed E-state index contributed by atoms with van der Waals surface area (Å²) in [6.07, 6.45) is 3.12. The molecule has 0 fully saturated rings. The number of furan rings is 1. The maximum atomic E-state index is 11.9. The summed E-state index contributed by atoms with van der Waals surface area (Å²) in [7, 11) is 0. The van der Waals surface area contributed by atoms with Gasteiger partial charge < -0.3 is 9.73 Å². The first-order chi connectivity index (χ1) is 10.2. The molecule has 0 aliphatic carbocycles. The van der Waals surface area contributed by atoms with Crippen LogP contribution in [-0.4, -0.2) is 5.91 Å². The summed E-state index contributed by atoms with van der Waals surface area (Å²) in [4.78, 5) is 11.9. The molecule has 0 unspecified atom stereocenters. The van der Waals surface area contributed by atoms with Crippen molar-refractivity contribution in [1.29, 1.82) is 0 Å². The number of aryl methyl sites for hydroxylation is 1. The van der Waals surface area contributed by atoms with Crippen LogP contribution in [0.3, 0.4) is 0 Å². The first kappa shape index (κ1) is 13.2. The molecule has 0 aliphatic rings. The van der Waals surface area contributed by atoms with E-state index in [0.29, 0.717) is 5.76 Å². The van der Waals surface area contributed by atoms with Crippen molar-refractivity contribution in [2.45, 2.75) is 6.92 Å². The molecule has 1 heterocycles. The zero-order chi connectivity index (χ0) is 14.7. The topological polar surface area (TPSA) is 42.2 Å². The molecule has 0 saturated carbocycles. The third-order valence-electron chi connectivity index (χ3n) is 3.18. The van der Waals surface area contributed by atoms with Crippen molar-refractivity contribution in [3.8, 4) is 0 Å². The first-order valence-electron chi connectivity index (χ1n) is 6.75. The Morgan fingerprint density at radius 2 is 1.86 bits per heavy atom. The molecule has 1 aromatic heterocycles. The second-order valence-electron chi connectivity index (χ2n) is 4.83. The quantitative estimate of drug-likeness (QED) is 0.721. The van der Waals surface area contributed by atoms with E-state index in [0.717, 1.165) is 22.2 Å². The van der Waals surface area contributed by atoms with E-state index in [2.05, 4.69) is 5.32 Å². The highest BCUT2D eigenvalue weighted by Gasteiger charge is 2.00. The monoisotopic (exact) mass is 277 g/mol. The Balaban J connectivity index is 1.72. The number of rotatable bonds is 3. The Bertz CT molecular complexity index is 815. The van der Waals surface area contributed by atoms with E-state index in [-0.39, 0.29) is 5.91 Å². The van der Waals surface area contributed by atoms with Crippen LogP contribution in [0.1, 0.15) is 11.5 Å². The Morgan fingerprint density at radius 3 is 2.62 bits per heavy atom. The smallest absolute Gasteiger partial charge is 0.248 e. The van der Waals surface area contributed by atoms with E-state index in [9.17, 15) is 4.79 Å². The van der Waals surface area contributed by atoms with Crippen molar-refractivity contribution in [2.75, 3.05) is 5.32 Å². The van der Waals surface area contributed by atoms with Gasteiger partial charge in [-0.15, -0.1) is 0 Å². The van der Waals surface area contributed by atoms with Crippen molar-refractivity contribution >= 4 is 28.4 Å². The van der Waals surface area contributed by atoms with Crippen LogP contribution < -0.4 is 5.32 Å². The van der Waals surface area contributed by atoms with Crippen LogP contribution in [0, 0.1) is 6.92 Å². The van der Waals surface area contributed by atoms with E-state index in [1.165, 1.54) is 6.08 Å². The van der Waals surface area contributed by atoms with Gasteiger partial charge in [0.25, 0.3) is 0 Å².